The molecule has 1 nitrogen and oxygen atoms in total. The van der Waals surface area contributed by atoms with E-state index in [1.165, 1.54) is 19.3 Å². The van der Waals surface area contributed by atoms with E-state index in [0.29, 0.717) is 16.1 Å². The van der Waals surface area contributed by atoms with Gasteiger partial charge in [0.2, 0.25) is 0 Å². The second kappa shape index (κ2) is 5.49. The van der Waals surface area contributed by atoms with Gasteiger partial charge in [0.15, 0.2) is 0 Å². The Morgan fingerprint density at radius 1 is 1.12 bits per heavy atom. The van der Waals surface area contributed by atoms with E-state index < -0.39 is 0 Å². The first kappa shape index (κ1) is 13.0. The Kier molecular flexibility index (Phi) is 4.22. The summed E-state index contributed by atoms with van der Waals surface area (Å²) in [5, 5.41) is 4.93. The van der Waals surface area contributed by atoms with Gasteiger partial charge in [-0.1, -0.05) is 37.0 Å². The third kappa shape index (κ3) is 3.29. The first-order chi connectivity index (χ1) is 8.06. The van der Waals surface area contributed by atoms with Gasteiger partial charge in [0.05, 0.1) is 10.7 Å². The van der Waals surface area contributed by atoms with Crippen molar-refractivity contribution in [1.29, 1.82) is 0 Å². The summed E-state index contributed by atoms with van der Waals surface area (Å²) in [4.78, 5) is 0. The highest BCUT2D eigenvalue weighted by molar-refractivity contribution is 6.36. The maximum atomic E-state index is 6.17. The summed E-state index contributed by atoms with van der Waals surface area (Å²) in [6, 6.07) is 6.18. The third-order valence-corrected chi connectivity index (χ3v) is 4.44. The van der Waals surface area contributed by atoms with Crippen molar-refractivity contribution in [2.75, 3.05) is 5.32 Å². The summed E-state index contributed by atoms with van der Waals surface area (Å²) in [6.07, 6.45) is 3.74. The summed E-state index contributed by atoms with van der Waals surface area (Å²) >= 11 is 12.1. The number of halogens is 2. The zero-order valence-electron chi connectivity index (χ0n) is 10.3. The van der Waals surface area contributed by atoms with E-state index in [-0.39, 0.29) is 0 Å². The SMILES string of the molecule is CC1CCC(Nc2ccc(Cl)cc2Cl)CC1C. The Hall–Kier alpha value is -0.400. The lowest BCUT2D eigenvalue weighted by molar-refractivity contribution is 0.261. The molecule has 3 atom stereocenters. The van der Waals surface area contributed by atoms with Crippen LogP contribution in [0.5, 0.6) is 0 Å². The van der Waals surface area contributed by atoms with Crippen LogP contribution in [0.4, 0.5) is 5.69 Å². The Morgan fingerprint density at radius 3 is 2.53 bits per heavy atom. The predicted molar refractivity (Wildman–Crippen MR) is 76.1 cm³/mol. The Labute approximate surface area is 114 Å². The summed E-state index contributed by atoms with van der Waals surface area (Å²) < 4.78 is 0. The van der Waals surface area contributed by atoms with Crippen LogP contribution in [0, 0.1) is 11.8 Å². The van der Waals surface area contributed by atoms with Crippen LogP contribution >= 0.6 is 23.2 Å². The fraction of sp³-hybridized carbons (Fsp3) is 0.571. The van der Waals surface area contributed by atoms with Crippen molar-refractivity contribution in [3.05, 3.63) is 28.2 Å². The van der Waals surface area contributed by atoms with E-state index >= 15 is 0 Å². The van der Waals surface area contributed by atoms with Gasteiger partial charge in [-0.15, -0.1) is 0 Å². The van der Waals surface area contributed by atoms with E-state index in [0.717, 1.165) is 17.5 Å². The van der Waals surface area contributed by atoms with Crippen LogP contribution in [0.1, 0.15) is 33.1 Å². The molecule has 0 aromatic heterocycles. The van der Waals surface area contributed by atoms with Crippen molar-refractivity contribution in [2.45, 2.75) is 39.2 Å². The molecular formula is C14H19Cl2N. The number of anilines is 1. The average molecular weight is 272 g/mol. The van der Waals surface area contributed by atoms with E-state index in [9.17, 15) is 0 Å². The molecule has 17 heavy (non-hydrogen) atoms. The molecule has 0 saturated heterocycles. The van der Waals surface area contributed by atoms with Crippen molar-refractivity contribution in [2.24, 2.45) is 11.8 Å². The quantitative estimate of drug-likeness (QED) is 0.777. The summed E-state index contributed by atoms with van der Waals surface area (Å²) in [5.74, 6) is 1.63. The Morgan fingerprint density at radius 2 is 1.88 bits per heavy atom. The first-order valence-electron chi connectivity index (χ1n) is 6.28. The van der Waals surface area contributed by atoms with E-state index in [4.69, 9.17) is 23.2 Å². The zero-order valence-corrected chi connectivity index (χ0v) is 11.9. The minimum absolute atomic E-state index is 0.542. The molecule has 0 radical (unpaired) electrons. The molecular weight excluding hydrogens is 253 g/mol. The lowest BCUT2D eigenvalue weighted by Gasteiger charge is -2.33. The fourth-order valence-electron chi connectivity index (χ4n) is 2.51. The topological polar surface area (TPSA) is 12.0 Å². The molecule has 0 amide bonds. The molecule has 0 heterocycles. The molecule has 3 unspecified atom stereocenters. The fourth-order valence-corrected chi connectivity index (χ4v) is 2.97. The normalized spacial score (nSPS) is 29.1. The number of benzene rings is 1. The Balaban J connectivity index is 2.01. The van der Waals surface area contributed by atoms with Gasteiger partial charge in [0.25, 0.3) is 0 Å². The standard InChI is InChI=1S/C14H19Cl2N/c1-9-3-5-12(7-10(9)2)17-14-6-4-11(15)8-13(14)16/h4,6,8-10,12,17H,3,5,7H2,1-2H3. The number of nitrogens with one attached hydrogen (secondary N) is 1. The van der Waals surface area contributed by atoms with Gasteiger partial charge in [0, 0.05) is 11.1 Å². The van der Waals surface area contributed by atoms with Gasteiger partial charge < -0.3 is 5.32 Å². The molecule has 0 bridgehead atoms. The van der Waals surface area contributed by atoms with Gasteiger partial charge in [0.1, 0.15) is 0 Å². The van der Waals surface area contributed by atoms with E-state index in [1.54, 1.807) is 6.07 Å². The zero-order chi connectivity index (χ0) is 12.4. The van der Waals surface area contributed by atoms with Crippen LogP contribution < -0.4 is 5.32 Å². The Bertz CT molecular complexity index is 392. The van der Waals surface area contributed by atoms with Gasteiger partial charge in [-0.3, -0.25) is 0 Å². The van der Waals surface area contributed by atoms with Crippen molar-refractivity contribution >= 4 is 28.9 Å². The minimum Gasteiger partial charge on any atom is -0.381 e. The number of rotatable bonds is 2. The largest absolute Gasteiger partial charge is 0.381 e. The number of hydrogen-bond acceptors (Lipinski definition) is 1. The summed E-state index contributed by atoms with van der Waals surface area (Å²) in [5.41, 5.74) is 1.00. The third-order valence-electron chi connectivity index (χ3n) is 3.89. The molecule has 1 N–H and O–H groups in total. The van der Waals surface area contributed by atoms with Crippen LogP contribution in [0.25, 0.3) is 0 Å². The van der Waals surface area contributed by atoms with E-state index in [1.807, 2.05) is 12.1 Å². The highest BCUT2D eigenvalue weighted by Crippen LogP contribution is 2.33. The van der Waals surface area contributed by atoms with Crippen molar-refractivity contribution in [3.63, 3.8) is 0 Å². The summed E-state index contributed by atoms with van der Waals surface area (Å²) in [6.45, 7) is 4.68. The van der Waals surface area contributed by atoms with Gasteiger partial charge in [-0.05, 0) is 49.3 Å². The van der Waals surface area contributed by atoms with Crippen LogP contribution in [0.2, 0.25) is 10.0 Å². The second-order valence-corrected chi connectivity index (χ2v) is 6.08. The molecule has 94 valence electrons. The molecule has 1 aliphatic carbocycles. The highest BCUT2D eigenvalue weighted by atomic mass is 35.5. The molecule has 1 aromatic carbocycles. The van der Waals surface area contributed by atoms with Crippen LogP contribution in [0.15, 0.2) is 18.2 Å². The monoisotopic (exact) mass is 271 g/mol. The molecule has 1 saturated carbocycles. The molecule has 1 fully saturated rings. The molecule has 1 aliphatic rings. The van der Waals surface area contributed by atoms with Crippen LogP contribution in [0.3, 0.4) is 0 Å². The van der Waals surface area contributed by atoms with Crippen molar-refractivity contribution in [3.8, 4) is 0 Å². The van der Waals surface area contributed by atoms with Gasteiger partial charge in [-0.2, -0.15) is 0 Å². The molecule has 2 rings (SSSR count). The lowest BCUT2D eigenvalue weighted by Crippen LogP contribution is -2.30. The van der Waals surface area contributed by atoms with Gasteiger partial charge in [-0.25, -0.2) is 0 Å². The summed E-state index contributed by atoms with van der Waals surface area (Å²) in [7, 11) is 0. The maximum absolute atomic E-state index is 6.17. The first-order valence-corrected chi connectivity index (χ1v) is 7.03. The predicted octanol–water partition coefficient (Wildman–Crippen LogP) is 5.23. The van der Waals surface area contributed by atoms with E-state index in [2.05, 4.69) is 19.2 Å². The van der Waals surface area contributed by atoms with Crippen molar-refractivity contribution < 1.29 is 0 Å². The van der Waals surface area contributed by atoms with Crippen molar-refractivity contribution in [1.82, 2.24) is 0 Å². The molecule has 1 aromatic rings. The lowest BCUT2D eigenvalue weighted by atomic mass is 9.79. The van der Waals surface area contributed by atoms with Gasteiger partial charge >= 0.3 is 0 Å². The minimum atomic E-state index is 0.542. The molecule has 0 aliphatic heterocycles. The molecule has 3 heteroatoms. The number of hydrogen-bond donors (Lipinski definition) is 1. The smallest absolute Gasteiger partial charge is 0.0652 e. The van der Waals surface area contributed by atoms with Crippen LogP contribution in [-0.4, -0.2) is 6.04 Å². The second-order valence-electron chi connectivity index (χ2n) is 5.23. The average Bonchev–Trinajstić information content (AvgIpc) is 2.27. The maximum Gasteiger partial charge on any atom is 0.0652 e. The molecule has 0 spiro atoms. The van der Waals surface area contributed by atoms with Crippen LogP contribution in [-0.2, 0) is 0 Å². The highest BCUT2D eigenvalue weighted by Gasteiger charge is 2.24.